The number of aromatic hydroxyl groups is 1. The molecule has 1 aromatic rings. The van der Waals surface area contributed by atoms with E-state index in [1.54, 1.807) is 0 Å². The molecule has 0 spiro atoms. The lowest BCUT2D eigenvalue weighted by atomic mass is 10.2. The van der Waals surface area contributed by atoms with E-state index in [1.807, 2.05) is 0 Å². The first-order chi connectivity index (χ1) is 6.49. The number of rotatable bonds is 2. The van der Waals surface area contributed by atoms with E-state index in [0.717, 1.165) is 0 Å². The van der Waals surface area contributed by atoms with Crippen molar-refractivity contribution in [2.24, 2.45) is 0 Å². The van der Waals surface area contributed by atoms with Gasteiger partial charge in [-0.25, -0.2) is 4.79 Å². The van der Waals surface area contributed by atoms with E-state index in [0.29, 0.717) is 4.47 Å². The minimum Gasteiger partial charge on any atom is -0.504 e. The molecule has 0 bridgehead atoms. The second-order valence-corrected chi connectivity index (χ2v) is 4.05. The monoisotopic (exact) mass is 324 g/mol. The largest absolute Gasteiger partial charge is 0.504 e. The van der Waals surface area contributed by atoms with Crippen LogP contribution >= 0.6 is 31.9 Å². The number of carboxylic acid groups (broad SMARTS) is 1. The maximum absolute atomic E-state index is 10.8. The fourth-order valence-corrected chi connectivity index (χ4v) is 1.82. The minimum atomic E-state index is -1.23. The number of ether oxygens (including phenoxy) is 1. The SMILES string of the molecule is COc1cc(Br)c(Br)c(C(=O)O)c1O. The second kappa shape index (κ2) is 4.18. The van der Waals surface area contributed by atoms with Gasteiger partial charge in [-0.2, -0.15) is 0 Å². The Hall–Kier alpha value is -0.750. The molecule has 2 N–H and O–H groups in total. The van der Waals surface area contributed by atoms with E-state index in [2.05, 4.69) is 31.9 Å². The Balaban J connectivity index is 3.53. The summed E-state index contributed by atoms with van der Waals surface area (Å²) in [5.41, 5.74) is -0.226. The summed E-state index contributed by atoms with van der Waals surface area (Å²) in [6, 6.07) is 1.48. The molecule has 76 valence electrons. The molecule has 0 aliphatic carbocycles. The van der Waals surface area contributed by atoms with Crippen LogP contribution in [-0.4, -0.2) is 23.3 Å². The van der Waals surface area contributed by atoms with Crippen molar-refractivity contribution in [2.75, 3.05) is 7.11 Å². The van der Waals surface area contributed by atoms with Crippen LogP contribution in [0.1, 0.15) is 10.4 Å². The molecule has 0 unspecified atom stereocenters. The summed E-state index contributed by atoms with van der Waals surface area (Å²) in [4.78, 5) is 10.8. The maximum atomic E-state index is 10.8. The molecule has 0 radical (unpaired) electrons. The number of carboxylic acids is 1. The zero-order valence-electron chi connectivity index (χ0n) is 7.04. The van der Waals surface area contributed by atoms with Crippen LogP contribution < -0.4 is 4.74 Å². The molecule has 0 saturated carbocycles. The summed E-state index contributed by atoms with van der Waals surface area (Å²) in [5, 5.41) is 18.3. The van der Waals surface area contributed by atoms with Gasteiger partial charge in [0.05, 0.1) is 11.6 Å². The highest BCUT2D eigenvalue weighted by atomic mass is 79.9. The Labute approximate surface area is 96.8 Å². The number of halogens is 2. The van der Waals surface area contributed by atoms with E-state index >= 15 is 0 Å². The average Bonchev–Trinajstić information content (AvgIpc) is 2.11. The van der Waals surface area contributed by atoms with Crippen molar-refractivity contribution in [2.45, 2.75) is 0 Å². The first kappa shape index (κ1) is 11.3. The maximum Gasteiger partial charge on any atom is 0.340 e. The third-order valence-electron chi connectivity index (χ3n) is 1.59. The van der Waals surface area contributed by atoms with Gasteiger partial charge in [0.2, 0.25) is 0 Å². The van der Waals surface area contributed by atoms with Gasteiger partial charge < -0.3 is 14.9 Å². The quantitative estimate of drug-likeness (QED) is 0.877. The molecule has 0 saturated heterocycles. The topological polar surface area (TPSA) is 66.8 Å². The summed E-state index contributed by atoms with van der Waals surface area (Å²) >= 11 is 6.19. The van der Waals surface area contributed by atoms with E-state index in [1.165, 1.54) is 13.2 Å². The third kappa shape index (κ3) is 1.85. The minimum absolute atomic E-state index is 0.109. The molecule has 14 heavy (non-hydrogen) atoms. The molecule has 0 aliphatic heterocycles. The summed E-state index contributed by atoms with van der Waals surface area (Å²) in [5.74, 6) is -1.51. The smallest absolute Gasteiger partial charge is 0.340 e. The zero-order valence-corrected chi connectivity index (χ0v) is 10.2. The third-order valence-corrected chi connectivity index (χ3v) is 3.57. The van der Waals surface area contributed by atoms with Crippen LogP contribution in [0.5, 0.6) is 11.5 Å². The lowest BCUT2D eigenvalue weighted by Crippen LogP contribution is -2.00. The molecule has 0 heterocycles. The van der Waals surface area contributed by atoms with Crippen LogP contribution in [0.25, 0.3) is 0 Å². The van der Waals surface area contributed by atoms with Gasteiger partial charge in [-0.3, -0.25) is 0 Å². The first-order valence-corrected chi connectivity index (χ1v) is 5.06. The Morgan fingerprint density at radius 1 is 1.50 bits per heavy atom. The highest BCUT2D eigenvalue weighted by Gasteiger charge is 2.20. The molecule has 0 aromatic heterocycles. The number of phenols is 1. The predicted molar refractivity (Wildman–Crippen MR) is 57.0 cm³/mol. The number of hydrogen-bond acceptors (Lipinski definition) is 3. The van der Waals surface area contributed by atoms with Crippen molar-refractivity contribution in [3.63, 3.8) is 0 Å². The Bertz CT molecular complexity index is 389. The molecule has 0 fully saturated rings. The molecule has 1 aromatic carbocycles. The van der Waals surface area contributed by atoms with Crippen LogP contribution in [0.3, 0.4) is 0 Å². The fraction of sp³-hybridized carbons (Fsp3) is 0.125. The van der Waals surface area contributed by atoms with E-state index in [9.17, 15) is 9.90 Å². The van der Waals surface area contributed by atoms with Crippen LogP contribution in [-0.2, 0) is 0 Å². The van der Waals surface area contributed by atoms with Crippen molar-refractivity contribution in [3.8, 4) is 11.5 Å². The normalized spacial score (nSPS) is 9.93. The van der Waals surface area contributed by atoms with Gasteiger partial charge >= 0.3 is 5.97 Å². The van der Waals surface area contributed by atoms with Crippen molar-refractivity contribution in [1.29, 1.82) is 0 Å². The van der Waals surface area contributed by atoms with Crippen LogP contribution in [0, 0.1) is 0 Å². The van der Waals surface area contributed by atoms with E-state index < -0.39 is 11.7 Å². The van der Waals surface area contributed by atoms with Crippen molar-refractivity contribution < 1.29 is 19.7 Å². The van der Waals surface area contributed by atoms with E-state index in [4.69, 9.17) is 9.84 Å². The van der Waals surface area contributed by atoms with Crippen LogP contribution in [0.2, 0.25) is 0 Å². The highest BCUT2D eigenvalue weighted by molar-refractivity contribution is 9.13. The molecule has 0 aliphatic rings. The van der Waals surface area contributed by atoms with Crippen LogP contribution in [0.4, 0.5) is 0 Å². The van der Waals surface area contributed by atoms with Gasteiger partial charge in [0.25, 0.3) is 0 Å². The van der Waals surface area contributed by atoms with Gasteiger partial charge in [-0.1, -0.05) is 0 Å². The average molecular weight is 326 g/mol. The fourth-order valence-electron chi connectivity index (χ4n) is 0.944. The van der Waals surface area contributed by atoms with Gasteiger partial charge in [0.1, 0.15) is 5.56 Å². The number of carbonyl (C=O) groups is 1. The Morgan fingerprint density at radius 3 is 2.50 bits per heavy atom. The number of hydrogen-bond donors (Lipinski definition) is 2. The van der Waals surface area contributed by atoms with Gasteiger partial charge in [0.15, 0.2) is 11.5 Å². The highest BCUT2D eigenvalue weighted by Crippen LogP contribution is 2.40. The molecule has 0 amide bonds. The van der Waals surface area contributed by atoms with Crippen molar-refractivity contribution >= 4 is 37.8 Å². The van der Waals surface area contributed by atoms with Gasteiger partial charge in [-0.05, 0) is 37.9 Å². The zero-order chi connectivity index (χ0) is 10.9. The Kier molecular flexibility index (Phi) is 3.38. The predicted octanol–water partition coefficient (Wildman–Crippen LogP) is 2.62. The summed E-state index contributed by atoms with van der Waals surface area (Å²) < 4.78 is 5.59. The number of benzene rings is 1. The number of methoxy groups -OCH3 is 1. The van der Waals surface area contributed by atoms with Crippen molar-refractivity contribution in [3.05, 3.63) is 20.6 Å². The molecule has 0 atom stereocenters. The summed E-state index contributed by atoms with van der Waals surface area (Å²) in [7, 11) is 1.35. The number of aromatic carboxylic acids is 1. The van der Waals surface area contributed by atoms with E-state index in [-0.39, 0.29) is 15.8 Å². The molecule has 4 nitrogen and oxygen atoms in total. The molecular formula is C8H6Br2O4. The second-order valence-electron chi connectivity index (χ2n) is 2.40. The lowest BCUT2D eigenvalue weighted by molar-refractivity contribution is 0.0692. The van der Waals surface area contributed by atoms with Crippen LogP contribution in [0.15, 0.2) is 15.0 Å². The van der Waals surface area contributed by atoms with Crippen molar-refractivity contribution in [1.82, 2.24) is 0 Å². The van der Waals surface area contributed by atoms with Gasteiger partial charge in [-0.15, -0.1) is 0 Å². The van der Waals surface area contributed by atoms with Gasteiger partial charge in [0, 0.05) is 4.47 Å². The molecule has 6 heteroatoms. The summed E-state index contributed by atoms with van der Waals surface area (Å²) in [6.07, 6.45) is 0. The summed E-state index contributed by atoms with van der Waals surface area (Å²) in [6.45, 7) is 0. The molecular weight excluding hydrogens is 320 g/mol. The lowest BCUT2D eigenvalue weighted by Gasteiger charge is -2.09. The standard InChI is InChI=1S/C8H6Br2O4/c1-14-4-2-3(9)6(10)5(7(4)11)8(12)13/h2,11H,1H3,(H,12,13). The first-order valence-electron chi connectivity index (χ1n) is 3.47. The Morgan fingerprint density at radius 2 is 2.07 bits per heavy atom. The molecule has 1 rings (SSSR count).